The zero-order valence-corrected chi connectivity index (χ0v) is 17.1. The number of anilines is 1. The molecule has 31 heavy (non-hydrogen) atoms. The smallest absolute Gasteiger partial charge is 0.208 e. The van der Waals surface area contributed by atoms with Gasteiger partial charge in [-0.3, -0.25) is 0 Å². The molecule has 2 aromatic carbocycles. The highest BCUT2D eigenvalue weighted by atomic mass is 19.2. The Labute approximate surface area is 176 Å². The summed E-state index contributed by atoms with van der Waals surface area (Å²) in [6, 6.07) is 7.29. The Kier molecular flexibility index (Phi) is 5.18. The summed E-state index contributed by atoms with van der Waals surface area (Å²) in [7, 11) is 1.58. The maximum Gasteiger partial charge on any atom is 0.208 e. The normalized spacial score (nSPS) is 14.6. The number of halogens is 3. The van der Waals surface area contributed by atoms with Crippen molar-refractivity contribution in [3.63, 3.8) is 0 Å². The number of fused-ring (bicyclic) bond motifs is 1. The minimum absolute atomic E-state index is 0.0164. The Morgan fingerprint density at radius 3 is 2.52 bits per heavy atom. The van der Waals surface area contributed by atoms with Crippen molar-refractivity contribution < 1.29 is 22.4 Å². The van der Waals surface area contributed by atoms with Crippen LogP contribution < -0.4 is 15.0 Å². The largest absolute Gasteiger partial charge is 0.497 e. The van der Waals surface area contributed by atoms with Gasteiger partial charge in [0.2, 0.25) is 11.7 Å². The first-order chi connectivity index (χ1) is 14.8. The van der Waals surface area contributed by atoms with Gasteiger partial charge in [-0.2, -0.15) is 0 Å². The van der Waals surface area contributed by atoms with E-state index >= 15 is 0 Å². The number of nitrogens with zero attached hydrogens (tertiary/aromatic N) is 3. The molecular weight excluding hydrogens is 409 g/mol. The lowest BCUT2D eigenvalue weighted by Gasteiger charge is -2.31. The first-order valence-electron chi connectivity index (χ1n) is 9.35. The van der Waals surface area contributed by atoms with Gasteiger partial charge in [0.15, 0.2) is 17.5 Å². The molecule has 0 saturated carbocycles. The van der Waals surface area contributed by atoms with Crippen LogP contribution in [0.25, 0.3) is 5.70 Å². The second kappa shape index (κ2) is 7.82. The van der Waals surface area contributed by atoms with Crippen molar-refractivity contribution in [2.24, 2.45) is 4.99 Å². The van der Waals surface area contributed by atoms with E-state index in [4.69, 9.17) is 9.26 Å². The van der Waals surface area contributed by atoms with E-state index in [9.17, 15) is 13.2 Å². The molecule has 0 bridgehead atoms. The Morgan fingerprint density at radius 1 is 1.16 bits per heavy atom. The molecule has 1 aliphatic heterocycles. The van der Waals surface area contributed by atoms with Crippen LogP contribution in [0, 0.1) is 31.3 Å². The number of nitrogens with one attached hydrogen (secondary N) is 1. The quantitative estimate of drug-likeness (QED) is 0.594. The molecule has 0 saturated heterocycles. The summed E-state index contributed by atoms with van der Waals surface area (Å²) in [5, 5.41) is 7.03. The molecule has 0 unspecified atom stereocenters. The zero-order chi connectivity index (χ0) is 22.3. The van der Waals surface area contributed by atoms with E-state index in [0.29, 0.717) is 40.2 Å². The van der Waals surface area contributed by atoms with E-state index in [1.807, 2.05) is 13.0 Å². The van der Waals surface area contributed by atoms with Crippen molar-refractivity contribution in [1.82, 2.24) is 10.5 Å². The van der Waals surface area contributed by atoms with Gasteiger partial charge in [-0.05, 0) is 55.3 Å². The van der Waals surface area contributed by atoms with Crippen LogP contribution in [0.3, 0.4) is 0 Å². The molecule has 1 N–H and O–H groups in total. The average Bonchev–Trinajstić information content (AvgIpc) is 3.12. The number of aliphatic imine (C=N–C) groups is 1. The van der Waals surface area contributed by atoms with Gasteiger partial charge in [0, 0.05) is 0 Å². The van der Waals surface area contributed by atoms with Crippen LogP contribution in [0.1, 0.15) is 22.6 Å². The van der Waals surface area contributed by atoms with Gasteiger partial charge in [-0.1, -0.05) is 11.7 Å². The molecule has 2 heterocycles. The Morgan fingerprint density at radius 2 is 1.87 bits per heavy atom. The third-order valence-corrected chi connectivity index (χ3v) is 4.91. The first-order valence-corrected chi connectivity index (χ1v) is 9.35. The molecule has 1 aromatic heterocycles. The molecule has 0 aliphatic carbocycles. The summed E-state index contributed by atoms with van der Waals surface area (Å²) in [6.07, 6.45) is 0. The summed E-state index contributed by atoms with van der Waals surface area (Å²) in [4.78, 5) is 6.35. The standard InChI is InChI=1S/C22H19F3N4O2/c1-11-7-15(30-4)5-6-18(11)27-22-26-13(3)21-20(12(2)28-31-21)29(22)10-14-8-16(23)19(25)17(24)9-14/h5-9H,3,10H2,1-2,4H3,(H,26,27). The third kappa shape index (κ3) is 3.74. The first kappa shape index (κ1) is 20.5. The lowest BCUT2D eigenvalue weighted by atomic mass is 10.1. The number of benzene rings is 2. The second-order valence-corrected chi connectivity index (χ2v) is 7.10. The van der Waals surface area contributed by atoms with Crippen molar-refractivity contribution in [3.05, 3.63) is 76.9 Å². The maximum atomic E-state index is 13.8. The Bertz CT molecular complexity index is 1200. The van der Waals surface area contributed by atoms with Crippen LogP contribution in [-0.2, 0) is 6.54 Å². The lowest BCUT2D eigenvalue weighted by Crippen LogP contribution is -2.44. The molecular formula is C22H19F3N4O2. The maximum absolute atomic E-state index is 13.8. The van der Waals surface area contributed by atoms with Crippen LogP contribution in [0.5, 0.6) is 5.75 Å². The molecule has 0 amide bonds. The van der Waals surface area contributed by atoms with Crippen LogP contribution in [0.4, 0.5) is 24.5 Å². The number of aryl methyl sites for hydroxylation is 2. The molecule has 0 fully saturated rings. The topological polar surface area (TPSA) is 62.9 Å². The van der Waals surface area contributed by atoms with Gasteiger partial charge in [-0.25, -0.2) is 18.2 Å². The van der Waals surface area contributed by atoms with Gasteiger partial charge in [-0.15, -0.1) is 0 Å². The summed E-state index contributed by atoms with van der Waals surface area (Å²) >= 11 is 0. The number of methoxy groups -OCH3 is 1. The van der Waals surface area contributed by atoms with E-state index in [2.05, 4.69) is 22.0 Å². The molecule has 0 spiro atoms. The van der Waals surface area contributed by atoms with Crippen molar-refractivity contribution in [2.45, 2.75) is 20.4 Å². The third-order valence-electron chi connectivity index (χ3n) is 4.91. The summed E-state index contributed by atoms with van der Waals surface area (Å²) < 4.78 is 51.6. The summed E-state index contributed by atoms with van der Waals surface area (Å²) in [5.74, 6) is -2.63. The monoisotopic (exact) mass is 428 g/mol. The van der Waals surface area contributed by atoms with Crippen molar-refractivity contribution in [2.75, 3.05) is 12.0 Å². The predicted molar refractivity (Wildman–Crippen MR) is 111 cm³/mol. The van der Waals surface area contributed by atoms with E-state index in [1.54, 1.807) is 31.1 Å². The minimum Gasteiger partial charge on any atom is -0.497 e. The lowest BCUT2D eigenvalue weighted by molar-refractivity contribution is 0.404. The number of aromatic nitrogens is 1. The van der Waals surface area contributed by atoms with Gasteiger partial charge in [0.05, 0.1) is 25.0 Å². The molecule has 3 aromatic rings. The van der Waals surface area contributed by atoms with Crippen LogP contribution in [-0.4, -0.2) is 18.2 Å². The van der Waals surface area contributed by atoms with Crippen LogP contribution >= 0.6 is 0 Å². The number of guanidine groups is 1. The number of hydrogen-bond acceptors (Lipinski definition) is 4. The van der Waals surface area contributed by atoms with Crippen molar-refractivity contribution in [1.29, 1.82) is 0 Å². The van der Waals surface area contributed by atoms with Gasteiger partial charge in [0.1, 0.15) is 17.1 Å². The number of rotatable bonds is 4. The van der Waals surface area contributed by atoms with Crippen LogP contribution in [0.2, 0.25) is 0 Å². The molecule has 6 nitrogen and oxygen atoms in total. The van der Waals surface area contributed by atoms with Crippen molar-refractivity contribution in [3.8, 4) is 5.75 Å². The summed E-state index contributed by atoms with van der Waals surface area (Å²) in [6.45, 7) is 7.55. The Balaban J connectivity index is 1.82. The van der Waals surface area contributed by atoms with E-state index in [1.165, 1.54) is 0 Å². The van der Waals surface area contributed by atoms with E-state index in [-0.39, 0.29) is 12.1 Å². The zero-order valence-electron chi connectivity index (χ0n) is 17.1. The summed E-state index contributed by atoms with van der Waals surface area (Å²) in [5.41, 5.74) is 3.24. The second-order valence-electron chi connectivity index (χ2n) is 7.10. The number of hydrogen-bond donors (Lipinski definition) is 1. The average molecular weight is 428 g/mol. The highest BCUT2D eigenvalue weighted by Crippen LogP contribution is 2.35. The molecule has 0 atom stereocenters. The molecule has 160 valence electrons. The van der Waals surface area contributed by atoms with E-state index < -0.39 is 17.5 Å². The van der Waals surface area contributed by atoms with Gasteiger partial charge >= 0.3 is 0 Å². The predicted octanol–water partition coefficient (Wildman–Crippen LogP) is 4.99. The van der Waals surface area contributed by atoms with Crippen molar-refractivity contribution >= 4 is 23.0 Å². The molecule has 9 heteroatoms. The van der Waals surface area contributed by atoms with Gasteiger partial charge in [0.25, 0.3) is 0 Å². The SMILES string of the molecule is C=C1NC(=Nc2ccc(OC)cc2C)N(Cc2cc(F)c(F)c(F)c2)c2c(C)noc21. The van der Waals surface area contributed by atoms with E-state index in [0.717, 1.165) is 17.7 Å². The molecule has 0 radical (unpaired) electrons. The Hall–Kier alpha value is -3.75. The minimum atomic E-state index is -1.52. The number of ether oxygens (including phenoxy) is 1. The highest BCUT2D eigenvalue weighted by molar-refractivity contribution is 6.07. The highest BCUT2D eigenvalue weighted by Gasteiger charge is 2.31. The fraction of sp³-hybridized carbons (Fsp3) is 0.182. The fourth-order valence-corrected chi connectivity index (χ4v) is 3.36. The molecule has 4 rings (SSSR count). The molecule has 1 aliphatic rings. The van der Waals surface area contributed by atoms with Crippen LogP contribution in [0.15, 0.2) is 46.4 Å². The fourth-order valence-electron chi connectivity index (χ4n) is 3.36. The van der Waals surface area contributed by atoms with Gasteiger partial charge < -0.3 is 19.5 Å².